The number of rotatable bonds is 4. The van der Waals surface area contributed by atoms with Crippen molar-refractivity contribution >= 4 is 16.7 Å². The topological polar surface area (TPSA) is 46.8 Å². The fourth-order valence-corrected chi connectivity index (χ4v) is 3.29. The Kier molecular flexibility index (Phi) is 4.13. The van der Waals surface area contributed by atoms with Crippen LogP contribution < -0.4 is 4.90 Å². The average molecular weight is 343 g/mol. The first-order chi connectivity index (χ1) is 12.6. The molecule has 0 unspecified atom stereocenters. The standard InChI is InChI=1S/C21H21N5/c1-15-19(14-26(3)24-15)20-11-12-22-21(23-20)25(2)13-17-9-6-8-16-7-4-5-10-18(16)17/h4-12,14H,13H2,1-3H3. The normalized spacial score (nSPS) is 11.0. The zero-order valence-electron chi connectivity index (χ0n) is 15.2. The van der Waals surface area contributed by atoms with Gasteiger partial charge in [-0.3, -0.25) is 4.68 Å². The van der Waals surface area contributed by atoms with Crippen LogP contribution in [-0.2, 0) is 13.6 Å². The quantitative estimate of drug-likeness (QED) is 0.562. The van der Waals surface area contributed by atoms with Crippen molar-refractivity contribution < 1.29 is 0 Å². The molecule has 0 aliphatic heterocycles. The molecule has 26 heavy (non-hydrogen) atoms. The summed E-state index contributed by atoms with van der Waals surface area (Å²) in [5, 5.41) is 6.92. The lowest BCUT2D eigenvalue weighted by Gasteiger charge is -2.18. The maximum absolute atomic E-state index is 4.75. The van der Waals surface area contributed by atoms with E-state index < -0.39 is 0 Å². The molecule has 5 nitrogen and oxygen atoms in total. The number of aromatic nitrogens is 4. The Bertz CT molecular complexity index is 1060. The Balaban J connectivity index is 1.65. The van der Waals surface area contributed by atoms with Crippen molar-refractivity contribution in [2.24, 2.45) is 7.05 Å². The first-order valence-corrected chi connectivity index (χ1v) is 8.63. The van der Waals surface area contributed by atoms with E-state index in [-0.39, 0.29) is 0 Å². The predicted octanol–water partition coefficient (Wildman–Crippen LogP) is 3.98. The molecule has 0 aliphatic rings. The monoisotopic (exact) mass is 343 g/mol. The van der Waals surface area contributed by atoms with Gasteiger partial charge in [-0.25, -0.2) is 9.97 Å². The lowest BCUT2D eigenvalue weighted by molar-refractivity contribution is 0.756. The van der Waals surface area contributed by atoms with Crippen LogP contribution in [0, 0.1) is 6.92 Å². The van der Waals surface area contributed by atoms with Crippen LogP contribution in [0.1, 0.15) is 11.3 Å². The number of anilines is 1. The largest absolute Gasteiger partial charge is 0.340 e. The van der Waals surface area contributed by atoms with Crippen LogP contribution in [0.4, 0.5) is 5.95 Å². The molecule has 2 aromatic heterocycles. The van der Waals surface area contributed by atoms with Crippen molar-refractivity contribution in [1.29, 1.82) is 0 Å². The highest BCUT2D eigenvalue weighted by molar-refractivity contribution is 5.85. The van der Waals surface area contributed by atoms with Gasteiger partial charge in [0.2, 0.25) is 5.95 Å². The summed E-state index contributed by atoms with van der Waals surface area (Å²) in [6.07, 6.45) is 3.80. The summed E-state index contributed by atoms with van der Waals surface area (Å²) >= 11 is 0. The summed E-state index contributed by atoms with van der Waals surface area (Å²) < 4.78 is 1.81. The van der Waals surface area contributed by atoms with Crippen LogP contribution in [-0.4, -0.2) is 26.8 Å². The first kappa shape index (κ1) is 16.3. The van der Waals surface area contributed by atoms with Crippen molar-refractivity contribution in [3.05, 3.63) is 72.2 Å². The molecule has 0 fully saturated rings. The number of benzene rings is 2. The van der Waals surface area contributed by atoms with Crippen molar-refractivity contribution in [2.75, 3.05) is 11.9 Å². The van der Waals surface area contributed by atoms with Crippen molar-refractivity contribution in [2.45, 2.75) is 13.5 Å². The molecule has 2 aromatic carbocycles. The number of hydrogen-bond donors (Lipinski definition) is 0. The van der Waals surface area contributed by atoms with Crippen LogP contribution in [0.3, 0.4) is 0 Å². The summed E-state index contributed by atoms with van der Waals surface area (Å²) in [6, 6.07) is 16.8. The van der Waals surface area contributed by atoms with Gasteiger partial charge in [0.25, 0.3) is 0 Å². The van der Waals surface area contributed by atoms with E-state index >= 15 is 0 Å². The van der Waals surface area contributed by atoms with Crippen LogP contribution in [0.25, 0.3) is 22.0 Å². The van der Waals surface area contributed by atoms with Gasteiger partial charge in [0.1, 0.15) is 0 Å². The van der Waals surface area contributed by atoms with Crippen molar-refractivity contribution in [3.8, 4) is 11.3 Å². The predicted molar refractivity (Wildman–Crippen MR) is 105 cm³/mol. The van der Waals surface area contributed by atoms with Gasteiger partial charge in [-0.1, -0.05) is 42.5 Å². The minimum Gasteiger partial charge on any atom is -0.340 e. The molecular formula is C21H21N5. The summed E-state index contributed by atoms with van der Waals surface area (Å²) in [5.74, 6) is 0.707. The summed E-state index contributed by atoms with van der Waals surface area (Å²) in [7, 11) is 3.95. The highest BCUT2D eigenvalue weighted by Crippen LogP contribution is 2.24. The first-order valence-electron chi connectivity index (χ1n) is 8.63. The third kappa shape index (κ3) is 3.04. The van der Waals surface area contributed by atoms with Gasteiger partial charge < -0.3 is 4.90 Å². The molecule has 0 bridgehead atoms. The molecule has 0 radical (unpaired) electrons. The van der Waals surface area contributed by atoms with Crippen LogP contribution in [0.5, 0.6) is 0 Å². The zero-order chi connectivity index (χ0) is 18.1. The molecule has 0 atom stereocenters. The van der Waals surface area contributed by atoms with Gasteiger partial charge in [-0.15, -0.1) is 0 Å². The summed E-state index contributed by atoms with van der Waals surface area (Å²) in [4.78, 5) is 11.3. The Morgan fingerprint density at radius 3 is 2.65 bits per heavy atom. The van der Waals surface area contributed by atoms with Gasteiger partial charge in [0.15, 0.2) is 0 Å². The molecule has 0 spiro atoms. The fraction of sp³-hybridized carbons (Fsp3) is 0.190. The highest BCUT2D eigenvalue weighted by atomic mass is 15.3. The molecule has 4 aromatic rings. The van der Waals surface area contributed by atoms with E-state index in [4.69, 9.17) is 4.98 Å². The molecule has 0 saturated carbocycles. The minimum atomic E-state index is 0.707. The minimum absolute atomic E-state index is 0.707. The van der Waals surface area contributed by atoms with E-state index in [2.05, 4.69) is 57.4 Å². The van der Waals surface area contributed by atoms with Crippen LogP contribution in [0.2, 0.25) is 0 Å². The lowest BCUT2D eigenvalue weighted by Crippen LogP contribution is -2.19. The molecule has 130 valence electrons. The van der Waals surface area contributed by atoms with Gasteiger partial charge in [-0.2, -0.15) is 5.10 Å². The summed E-state index contributed by atoms with van der Waals surface area (Å²) in [6.45, 7) is 2.74. The Morgan fingerprint density at radius 2 is 1.85 bits per heavy atom. The van der Waals surface area contributed by atoms with E-state index in [9.17, 15) is 0 Å². The molecule has 5 heteroatoms. The second-order valence-electron chi connectivity index (χ2n) is 6.54. The zero-order valence-corrected chi connectivity index (χ0v) is 15.2. The fourth-order valence-electron chi connectivity index (χ4n) is 3.29. The Labute approximate surface area is 152 Å². The van der Waals surface area contributed by atoms with E-state index in [1.807, 2.05) is 44.2 Å². The third-order valence-electron chi connectivity index (χ3n) is 4.56. The molecule has 0 N–H and O–H groups in total. The maximum atomic E-state index is 4.75. The number of fused-ring (bicyclic) bond motifs is 1. The van der Waals surface area contributed by atoms with Crippen LogP contribution in [0.15, 0.2) is 60.9 Å². The van der Waals surface area contributed by atoms with Gasteiger partial charge in [0, 0.05) is 38.6 Å². The highest BCUT2D eigenvalue weighted by Gasteiger charge is 2.12. The smallest absolute Gasteiger partial charge is 0.225 e. The second kappa shape index (κ2) is 6.59. The second-order valence-corrected chi connectivity index (χ2v) is 6.54. The maximum Gasteiger partial charge on any atom is 0.225 e. The van der Waals surface area contributed by atoms with Gasteiger partial charge in [-0.05, 0) is 29.3 Å². The Hall–Kier alpha value is -3.21. The lowest BCUT2D eigenvalue weighted by atomic mass is 10.0. The van der Waals surface area contributed by atoms with Gasteiger partial charge >= 0.3 is 0 Å². The van der Waals surface area contributed by atoms with Gasteiger partial charge in [0.05, 0.1) is 11.4 Å². The third-order valence-corrected chi connectivity index (χ3v) is 4.56. The van der Waals surface area contributed by atoms with E-state index in [0.717, 1.165) is 23.5 Å². The Morgan fingerprint density at radius 1 is 1.04 bits per heavy atom. The van der Waals surface area contributed by atoms with E-state index in [1.54, 1.807) is 0 Å². The van der Waals surface area contributed by atoms with Crippen LogP contribution >= 0.6 is 0 Å². The van der Waals surface area contributed by atoms with Crippen molar-refractivity contribution in [3.63, 3.8) is 0 Å². The molecule has 0 aliphatic carbocycles. The number of hydrogen-bond acceptors (Lipinski definition) is 4. The number of aryl methyl sites for hydroxylation is 2. The summed E-state index contributed by atoms with van der Waals surface area (Å²) in [5.41, 5.74) is 4.16. The molecule has 0 saturated heterocycles. The van der Waals surface area contributed by atoms with E-state index in [1.165, 1.54) is 16.3 Å². The molecule has 2 heterocycles. The molecule has 0 amide bonds. The average Bonchev–Trinajstić information content (AvgIpc) is 3.00. The SMILES string of the molecule is Cc1nn(C)cc1-c1ccnc(N(C)Cc2cccc3ccccc23)n1. The molecule has 4 rings (SSSR count). The van der Waals surface area contributed by atoms with E-state index in [0.29, 0.717) is 5.95 Å². The molecular weight excluding hydrogens is 322 g/mol. The van der Waals surface area contributed by atoms with Crippen molar-refractivity contribution in [1.82, 2.24) is 19.7 Å². The number of nitrogens with zero attached hydrogens (tertiary/aromatic N) is 5.